The smallest absolute Gasteiger partial charge is 0.274 e. The Morgan fingerprint density at radius 2 is 1.74 bits per heavy atom. The number of hydrazone groups is 1. The van der Waals surface area contributed by atoms with E-state index in [1.807, 2.05) is 0 Å². The third-order valence-corrected chi connectivity index (χ3v) is 2.86. The molecule has 0 saturated heterocycles. The van der Waals surface area contributed by atoms with Gasteiger partial charge in [-0.25, -0.2) is 4.98 Å². The van der Waals surface area contributed by atoms with Gasteiger partial charge >= 0.3 is 0 Å². The maximum absolute atomic E-state index is 12.0. The molecule has 2 rings (SSSR count). The predicted molar refractivity (Wildman–Crippen MR) is 85.9 cm³/mol. The molecular formula is C15H9ClN6O. The predicted octanol–water partition coefficient (Wildman–Crippen LogP) is 2.80. The highest BCUT2D eigenvalue weighted by Crippen LogP contribution is 2.14. The molecule has 8 heteroatoms. The number of halogens is 1. The lowest BCUT2D eigenvalue weighted by Gasteiger charge is -2.05. The second-order valence-electron chi connectivity index (χ2n) is 4.19. The number of carbonyl (C=O) groups is 1. The summed E-state index contributed by atoms with van der Waals surface area (Å²) in [6, 6.07) is 13.0. The molecule has 2 N–H and O–H groups in total. The molecule has 1 heterocycles. The molecule has 0 bridgehead atoms. The van der Waals surface area contributed by atoms with Gasteiger partial charge in [0.1, 0.15) is 17.8 Å². The van der Waals surface area contributed by atoms with Crippen molar-refractivity contribution in [3.8, 4) is 12.1 Å². The van der Waals surface area contributed by atoms with Crippen molar-refractivity contribution in [2.75, 3.05) is 10.7 Å². The second kappa shape index (κ2) is 7.55. The number of rotatable bonds is 4. The monoisotopic (exact) mass is 324 g/mol. The third kappa shape index (κ3) is 4.53. The number of hydrogen-bond donors (Lipinski definition) is 2. The number of aromatic nitrogens is 1. The standard InChI is InChI=1S/C15H9ClN6O/c16-10-1-3-11(4-2-10)20-15(23)14-6-5-12(9-19-14)21-22-13(7-17)8-18/h1-6,9,21H,(H,20,23). The van der Waals surface area contributed by atoms with Crippen molar-refractivity contribution < 1.29 is 4.79 Å². The van der Waals surface area contributed by atoms with Crippen LogP contribution in [0.5, 0.6) is 0 Å². The molecule has 7 nitrogen and oxygen atoms in total. The van der Waals surface area contributed by atoms with Crippen LogP contribution >= 0.6 is 11.6 Å². The number of nitrogens with one attached hydrogen (secondary N) is 2. The lowest BCUT2D eigenvalue weighted by molar-refractivity contribution is 0.102. The number of benzene rings is 1. The first-order valence-electron chi connectivity index (χ1n) is 6.29. The fraction of sp³-hybridized carbons (Fsp3) is 0. The van der Waals surface area contributed by atoms with Crippen molar-refractivity contribution in [3.63, 3.8) is 0 Å². The van der Waals surface area contributed by atoms with E-state index in [0.717, 1.165) is 0 Å². The highest BCUT2D eigenvalue weighted by atomic mass is 35.5. The Morgan fingerprint density at radius 1 is 1.09 bits per heavy atom. The van der Waals surface area contributed by atoms with Crippen LogP contribution in [0.4, 0.5) is 11.4 Å². The lowest BCUT2D eigenvalue weighted by atomic mass is 10.3. The zero-order chi connectivity index (χ0) is 16.7. The average Bonchev–Trinajstić information content (AvgIpc) is 2.58. The summed E-state index contributed by atoms with van der Waals surface area (Å²) in [5.74, 6) is -0.378. The van der Waals surface area contributed by atoms with Gasteiger partial charge in [-0.2, -0.15) is 15.6 Å². The molecule has 1 aromatic heterocycles. The second-order valence-corrected chi connectivity index (χ2v) is 4.63. The summed E-state index contributed by atoms with van der Waals surface area (Å²) < 4.78 is 0. The van der Waals surface area contributed by atoms with Crippen molar-refractivity contribution in [3.05, 3.63) is 53.3 Å². The van der Waals surface area contributed by atoms with Gasteiger partial charge in [0.15, 0.2) is 0 Å². The van der Waals surface area contributed by atoms with Crippen LogP contribution in [0.25, 0.3) is 0 Å². The van der Waals surface area contributed by atoms with E-state index in [9.17, 15) is 4.79 Å². The average molecular weight is 325 g/mol. The zero-order valence-corrected chi connectivity index (χ0v) is 12.4. The van der Waals surface area contributed by atoms with Crippen molar-refractivity contribution in [2.45, 2.75) is 0 Å². The van der Waals surface area contributed by atoms with Crippen LogP contribution in [0.3, 0.4) is 0 Å². The largest absolute Gasteiger partial charge is 0.321 e. The van der Waals surface area contributed by atoms with Crippen LogP contribution in [0.15, 0.2) is 47.7 Å². The summed E-state index contributed by atoms with van der Waals surface area (Å²) in [5.41, 5.74) is 3.43. The van der Waals surface area contributed by atoms with Gasteiger partial charge in [-0.1, -0.05) is 11.6 Å². The fourth-order valence-electron chi connectivity index (χ4n) is 1.52. The maximum Gasteiger partial charge on any atom is 0.274 e. The van der Waals surface area contributed by atoms with Crippen LogP contribution in [0.1, 0.15) is 10.5 Å². The molecule has 0 unspecified atom stereocenters. The quantitative estimate of drug-likeness (QED) is 0.663. The normalized spacial score (nSPS) is 9.17. The van der Waals surface area contributed by atoms with Crippen LogP contribution in [0, 0.1) is 22.7 Å². The van der Waals surface area contributed by atoms with Gasteiger partial charge in [0.2, 0.25) is 5.71 Å². The summed E-state index contributed by atoms with van der Waals surface area (Å²) in [4.78, 5) is 16.0. The Morgan fingerprint density at radius 3 is 2.30 bits per heavy atom. The topological polar surface area (TPSA) is 114 Å². The van der Waals surface area contributed by atoms with Gasteiger partial charge < -0.3 is 5.32 Å². The number of nitriles is 2. The Balaban J connectivity index is 2.03. The first-order valence-corrected chi connectivity index (χ1v) is 6.67. The lowest BCUT2D eigenvalue weighted by Crippen LogP contribution is -2.13. The van der Waals surface area contributed by atoms with Gasteiger partial charge in [0.25, 0.3) is 5.91 Å². The SMILES string of the molecule is N#CC(C#N)=NNc1ccc(C(=O)Nc2ccc(Cl)cc2)nc1. The molecule has 23 heavy (non-hydrogen) atoms. The van der Waals surface area contributed by atoms with Crippen molar-refractivity contribution in [2.24, 2.45) is 5.10 Å². The van der Waals surface area contributed by atoms with E-state index in [0.29, 0.717) is 16.4 Å². The molecule has 1 aromatic carbocycles. The minimum atomic E-state index is -0.378. The number of anilines is 2. The molecule has 0 atom stereocenters. The fourth-order valence-corrected chi connectivity index (χ4v) is 1.64. The third-order valence-electron chi connectivity index (χ3n) is 2.61. The number of hydrogen-bond acceptors (Lipinski definition) is 6. The minimum absolute atomic E-state index is 0.204. The highest BCUT2D eigenvalue weighted by Gasteiger charge is 2.07. The van der Waals surface area contributed by atoms with Crippen molar-refractivity contribution >= 4 is 34.6 Å². The van der Waals surface area contributed by atoms with E-state index in [1.165, 1.54) is 12.3 Å². The van der Waals surface area contributed by atoms with Crippen molar-refractivity contribution in [1.29, 1.82) is 10.5 Å². The van der Waals surface area contributed by atoms with E-state index in [4.69, 9.17) is 22.1 Å². The van der Waals surface area contributed by atoms with Crippen LogP contribution in [0.2, 0.25) is 5.02 Å². The van der Waals surface area contributed by atoms with E-state index in [-0.39, 0.29) is 17.3 Å². The van der Waals surface area contributed by atoms with Gasteiger partial charge in [-0.3, -0.25) is 10.2 Å². The molecule has 112 valence electrons. The molecule has 0 radical (unpaired) electrons. The number of nitrogens with zero attached hydrogens (tertiary/aromatic N) is 4. The Bertz CT molecular complexity index is 799. The molecule has 0 spiro atoms. The summed E-state index contributed by atoms with van der Waals surface area (Å²) in [6.45, 7) is 0. The molecule has 0 aliphatic rings. The van der Waals surface area contributed by atoms with Crippen LogP contribution in [-0.2, 0) is 0 Å². The van der Waals surface area contributed by atoms with Gasteiger partial charge in [0, 0.05) is 10.7 Å². The first-order chi connectivity index (χ1) is 11.1. The number of carbonyl (C=O) groups excluding carboxylic acids is 1. The van der Waals surface area contributed by atoms with E-state index < -0.39 is 0 Å². The summed E-state index contributed by atoms with van der Waals surface area (Å²) in [6.07, 6.45) is 1.37. The van der Waals surface area contributed by atoms with Gasteiger partial charge in [0.05, 0.1) is 11.9 Å². The molecule has 0 saturated carbocycles. The maximum atomic E-state index is 12.0. The highest BCUT2D eigenvalue weighted by molar-refractivity contribution is 6.30. The molecule has 0 fully saturated rings. The molecule has 0 aliphatic heterocycles. The van der Waals surface area contributed by atoms with E-state index >= 15 is 0 Å². The van der Waals surface area contributed by atoms with E-state index in [2.05, 4.69) is 20.8 Å². The van der Waals surface area contributed by atoms with Crippen LogP contribution in [-0.4, -0.2) is 16.6 Å². The Hall–Kier alpha value is -3.42. The van der Waals surface area contributed by atoms with Gasteiger partial charge in [-0.15, -0.1) is 0 Å². The molecule has 0 aliphatic carbocycles. The Kier molecular flexibility index (Phi) is 5.24. The Labute approximate surface area is 136 Å². The van der Waals surface area contributed by atoms with Crippen molar-refractivity contribution in [1.82, 2.24) is 4.98 Å². The minimum Gasteiger partial charge on any atom is -0.321 e. The summed E-state index contributed by atoms with van der Waals surface area (Å²) >= 11 is 5.77. The number of pyridine rings is 1. The first kappa shape index (κ1) is 16.0. The van der Waals surface area contributed by atoms with Gasteiger partial charge in [-0.05, 0) is 36.4 Å². The number of amides is 1. The van der Waals surface area contributed by atoms with E-state index in [1.54, 1.807) is 42.5 Å². The zero-order valence-electron chi connectivity index (χ0n) is 11.6. The van der Waals surface area contributed by atoms with Crippen LogP contribution < -0.4 is 10.7 Å². The molecule has 2 aromatic rings. The molecular weight excluding hydrogens is 316 g/mol. The summed E-state index contributed by atoms with van der Waals surface area (Å²) in [5, 5.41) is 23.9. The summed E-state index contributed by atoms with van der Waals surface area (Å²) in [7, 11) is 0. The molecule has 1 amide bonds.